The molecule has 0 aliphatic heterocycles. The zero-order valence-corrected chi connectivity index (χ0v) is 8.64. The quantitative estimate of drug-likeness (QED) is 0.619. The SMILES string of the molecule is N#Cc1ccc(NCC2CC2)cc1[N+](=O)[O-]. The fourth-order valence-electron chi connectivity index (χ4n) is 1.47. The first-order valence-electron chi connectivity index (χ1n) is 5.13. The van der Waals surface area contributed by atoms with Gasteiger partial charge in [0.2, 0.25) is 0 Å². The molecule has 0 atom stereocenters. The highest BCUT2D eigenvalue weighted by molar-refractivity contribution is 5.59. The normalized spacial score (nSPS) is 14.2. The molecule has 0 heterocycles. The lowest BCUT2D eigenvalue weighted by molar-refractivity contribution is -0.385. The lowest BCUT2D eigenvalue weighted by atomic mass is 10.2. The lowest BCUT2D eigenvalue weighted by Gasteiger charge is -2.05. The van der Waals surface area contributed by atoms with Gasteiger partial charge in [-0.2, -0.15) is 5.26 Å². The van der Waals surface area contributed by atoms with Crippen molar-refractivity contribution in [3.8, 4) is 6.07 Å². The number of nitrogens with one attached hydrogen (secondary N) is 1. The minimum atomic E-state index is -0.527. The standard InChI is InChI=1S/C11H11N3O2/c12-6-9-3-4-10(5-11(9)14(15)16)13-7-8-1-2-8/h3-5,8,13H,1-2,7H2. The summed E-state index contributed by atoms with van der Waals surface area (Å²) in [6, 6.07) is 6.41. The zero-order chi connectivity index (χ0) is 11.5. The lowest BCUT2D eigenvalue weighted by Crippen LogP contribution is -2.04. The summed E-state index contributed by atoms with van der Waals surface area (Å²) in [5, 5.41) is 22.6. The highest BCUT2D eigenvalue weighted by atomic mass is 16.6. The van der Waals surface area contributed by atoms with Gasteiger partial charge in [0.1, 0.15) is 11.6 Å². The van der Waals surface area contributed by atoms with Gasteiger partial charge in [0.25, 0.3) is 5.69 Å². The third kappa shape index (κ3) is 2.28. The van der Waals surface area contributed by atoms with E-state index in [0.717, 1.165) is 6.54 Å². The van der Waals surface area contributed by atoms with E-state index in [-0.39, 0.29) is 11.3 Å². The summed E-state index contributed by atoms with van der Waals surface area (Å²) in [7, 11) is 0. The first-order valence-corrected chi connectivity index (χ1v) is 5.13. The van der Waals surface area contributed by atoms with E-state index in [4.69, 9.17) is 5.26 Å². The molecule has 1 aliphatic rings. The van der Waals surface area contributed by atoms with Crippen LogP contribution >= 0.6 is 0 Å². The Morgan fingerprint density at radius 3 is 2.88 bits per heavy atom. The maximum atomic E-state index is 10.7. The molecule has 2 rings (SSSR count). The van der Waals surface area contributed by atoms with Crippen LogP contribution in [0.15, 0.2) is 18.2 Å². The van der Waals surface area contributed by atoms with Gasteiger partial charge in [0, 0.05) is 18.3 Å². The van der Waals surface area contributed by atoms with Crippen molar-refractivity contribution < 1.29 is 4.92 Å². The van der Waals surface area contributed by atoms with E-state index < -0.39 is 4.92 Å². The third-order valence-corrected chi connectivity index (χ3v) is 2.61. The Morgan fingerprint density at radius 2 is 2.31 bits per heavy atom. The van der Waals surface area contributed by atoms with E-state index in [1.807, 2.05) is 6.07 Å². The molecule has 0 bridgehead atoms. The van der Waals surface area contributed by atoms with Crippen molar-refractivity contribution in [2.45, 2.75) is 12.8 Å². The van der Waals surface area contributed by atoms with Crippen molar-refractivity contribution in [1.82, 2.24) is 0 Å². The summed E-state index contributed by atoms with van der Waals surface area (Å²) in [5.74, 6) is 0.703. The summed E-state index contributed by atoms with van der Waals surface area (Å²) < 4.78 is 0. The van der Waals surface area contributed by atoms with Gasteiger partial charge in [-0.1, -0.05) is 0 Å². The molecule has 0 amide bonds. The van der Waals surface area contributed by atoms with Crippen molar-refractivity contribution in [2.24, 2.45) is 5.92 Å². The number of nitro groups is 1. The summed E-state index contributed by atoms with van der Waals surface area (Å²) in [6.07, 6.45) is 2.46. The molecule has 82 valence electrons. The first-order chi connectivity index (χ1) is 7.70. The van der Waals surface area contributed by atoms with Crippen LogP contribution in [0.5, 0.6) is 0 Å². The molecule has 0 spiro atoms. The molecule has 0 radical (unpaired) electrons. The minimum absolute atomic E-state index is 0.0990. The topological polar surface area (TPSA) is 79.0 Å². The molecule has 1 aliphatic carbocycles. The van der Waals surface area contributed by atoms with Crippen LogP contribution in [0.1, 0.15) is 18.4 Å². The smallest absolute Gasteiger partial charge is 0.289 e. The fourth-order valence-corrected chi connectivity index (χ4v) is 1.47. The number of nitro benzene ring substituents is 1. The van der Waals surface area contributed by atoms with Crippen molar-refractivity contribution in [3.05, 3.63) is 33.9 Å². The van der Waals surface area contributed by atoms with Crippen molar-refractivity contribution in [3.63, 3.8) is 0 Å². The van der Waals surface area contributed by atoms with E-state index >= 15 is 0 Å². The van der Waals surface area contributed by atoms with E-state index in [0.29, 0.717) is 11.6 Å². The molecule has 1 aromatic rings. The van der Waals surface area contributed by atoms with E-state index in [1.165, 1.54) is 25.0 Å². The van der Waals surface area contributed by atoms with Crippen LogP contribution in [0.25, 0.3) is 0 Å². The maximum absolute atomic E-state index is 10.7. The molecule has 16 heavy (non-hydrogen) atoms. The molecular formula is C11H11N3O2. The van der Waals surface area contributed by atoms with Gasteiger partial charge in [-0.25, -0.2) is 0 Å². The number of hydrogen-bond donors (Lipinski definition) is 1. The molecule has 1 aromatic carbocycles. The highest BCUT2D eigenvalue weighted by Gasteiger charge is 2.21. The second kappa shape index (κ2) is 4.19. The van der Waals surface area contributed by atoms with E-state index in [1.54, 1.807) is 6.07 Å². The van der Waals surface area contributed by atoms with Crippen LogP contribution in [0.3, 0.4) is 0 Å². The number of benzene rings is 1. The number of rotatable bonds is 4. The molecule has 1 fully saturated rings. The average molecular weight is 217 g/mol. The van der Waals surface area contributed by atoms with Crippen LogP contribution in [-0.4, -0.2) is 11.5 Å². The second-order valence-electron chi connectivity index (χ2n) is 3.93. The predicted molar refractivity (Wildman–Crippen MR) is 59.0 cm³/mol. The van der Waals surface area contributed by atoms with Crippen molar-refractivity contribution >= 4 is 11.4 Å². The molecule has 5 nitrogen and oxygen atoms in total. The largest absolute Gasteiger partial charge is 0.385 e. The van der Waals surface area contributed by atoms with Gasteiger partial charge in [0.15, 0.2) is 0 Å². The number of nitrogens with zero attached hydrogens (tertiary/aromatic N) is 2. The highest BCUT2D eigenvalue weighted by Crippen LogP contribution is 2.29. The fraction of sp³-hybridized carbons (Fsp3) is 0.364. The molecule has 5 heteroatoms. The number of anilines is 1. The molecule has 1 saturated carbocycles. The van der Waals surface area contributed by atoms with Crippen molar-refractivity contribution in [1.29, 1.82) is 5.26 Å². The van der Waals surface area contributed by atoms with Crippen LogP contribution in [0.2, 0.25) is 0 Å². The Labute approximate surface area is 92.8 Å². The van der Waals surface area contributed by atoms with E-state index in [9.17, 15) is 10.1 Å². The van der Waals surface area contributed by atoms with Crippen LogP contribution in [-0.2, 0) is 0 Å². The Hall–Kier alpha value is -2.09. The molecule has 0 aromatic heterocycles. The summed E-state index contributed by atoms with van der Waals surface area (Å²) in [5.41, 5.74) is 0.669. The molecular weight excluding hydrogens is 206 g/mol. The van der Waals surface area contributed by atoms with E-state index in [2.05, 4.69) is 5.32 Å². The number of hydrogen-bond acceptors (Lipinski definition) is 4. The Kier molecular flexibility index (Phi) is 2.73. The van der Waals surface area contributed by atoms with Gasteiger partial charge in [0.05, 0.1) is 4.92 Å². The second-order valence-corrected chi connectivity index (χ2v) is 3.93. The van der Waals surface area contributed by atoms with Crippen LogP contribution in [0, 0.1) is 27.4 Å². The molecule has 0 saturated heterocycles. The van der Waals surface area contributed by atoms with Crippen molar-refractivity contribution in [2.75, 3.05) is 11.9 Å². The van der Waals surface area contributed by atoms with Gasteiger partial charge >= 0.3 is 0 Å². The summed E-state index contributed by atoms with van der Waals surface area (Å²) in [6.45, 7) is 0.850. The molecule has 0 unspecified atom stereocenters. The maximum Gasteiger partial charge on any atom is 0.289 e. The predicted octanol–water partition coefficient (Wildman–Crippen LogP) is 2.29. The monoisotopic (exact) mass is 217 g/mol. The average Bonchev–Trinajstić information content (AvgIpc) is 3.09. The van der Waals surface area contributed by atoms with Gasteiger partial charge in [-0.15, -0.1) is 0 Å². The van der Waals surface area contributed by atoms with Gasteiger partial charge in [-0.05, 0) is 30.9 Å². The third-order valence-electron chi connectivity index (χ3n) is 2.61. The minimum Gasteiger partial charge on any atom is -0.385 e. The Balaban J connectivity index is 2.17. The zero-order valence-electron chi connectivity index (χ0n) is 8.64. The number of nitriles is 1. The van der Waals surface area contributed by atoms with Gasteiger partial charge in [-0.3, -0.25) is 10.1 Å². The van der Waals surface area contributed by atoms with Crippen LogP contribution < -0.4 is 5.32 Å². The summed E-state index contributed by atoms with van der Waals surface area (Å²) in [4.78, 5) is 10.2. The van der Waals surface area contributed by atoms with Crippen LogP contribution in [0.4, 0.5) is 11.4 Å². The Morgan fingerprint density at radius 1 is 1.56 bits per heavy atom. The van der Waals surface area contributed by atoms with Gasteiger partial charge < -0.3 is 5.32 Å². The molecule has 1 N–H and O–H groups in total. The Bertz CT molecular complexity index is 461. The first kappa shape index (κ1) is 10.4. The summed E-state index contributed by atoms with van der Waals surface area (Å²) >= 11 is 0.